The largest absolute Gasteiger partial charge is 0.478 e. The number of benzene rings is 1. The third-order valence-electron chi connectivity index (χ3n) is 5.42. The lowest BCUT2D eigenvalue weighted by Gasteiger charge is -2.17. The lowest BCUT2D eigenvalue weighted by atomic mass is 10.1. The molecule has 4 aromatic rings. The standard InChI is InChI=1S/C25H18F4N4O4S2/c1-3-37-22-11-18(31-24(32-22)39(2,35)36)20-8-9-21(38-20)19-10-16(25(27,28)29)15(12-30)23(34)33(19)13-14-6-4-5-7-17(14)26/h4-11H,3,13H2,1-2H3. The summed E-state index contributed by atoms with van der Waals surface area (Å²) in [5.74, 6) is -0.703. The SMILES string of the molecule is CCOc1cc(-c2ccc(-c3cc(C(F)(F)F)c(C#N)c(=O)n3Cc3ccccc3F)s2)nc(S(C)(=O)=O)n1. The van der Waals surface area contributed by atoms with Gasteiger partial charge in [-0.25, -0.2) is 17.8 Å². The molecule has 0 radical (unpaired) electrons. The number of halogens is 4. The number of hydrogen-bond donors (Lipinski definition) is 0. The Kier molecular flexibility index (Phi) is 7.58. The van der Waals surface area contributed by atoms with E-state index in [-0.39, 0.29) is 34.3 Å². The van der Waals surface area contributed by atoms with Gasteiger partial charge < -0.3 is 9.30 Å². The number of rotatable bonds is 7. The van der Waals surface area contributed by atoms with E-state index in [4.69, 9.17) is 4.74 Å². The van der Waals surface area contributed by atoms with E-state index in [1.807, 2.05) is 0 Å². The number of thiophene rings is 1. The molecule has 0 saturated carbocycles. The van der Waals surface area contributed by atoms with E-state index in [9.17, 15) is 36.0 Å². The van der Waals surface area contributed by atoms with Crippen molar-refractivity contribution < 1.29 is 30.7 Å². The van der Waals surface area contributed by atoms with Gasteiger partial charge in [-0.1, -0.05) is 18.2 Å². The molecule has 202 valence electrons. The summed E-state index contributed by atoms with van der Waals surface area (Å²) in [5.41, 5.74) is -3.85. The predicted octanol–water partition coefficient (Wildman–Crippen LogP) is 4.91. The molecule has 0 amide bonds. The van der Waals surface area contributed by atoms with Crippen molar-refractivity contribution >= 4 is 21.2 Å². The smallest absolute Gasteiger partial charge is 0.417 e. The van der Waals surface area contributed by atoms with E-state index in [0.29, 0.717) is 10.9 Å². The molecule has 3 heterocycles. The average molecular weight is 579 g/mol. The monoisotopic (exact) mass is 578 g/mol. The van der Waals surface area contributed by atoms with Crippen molar-refractivity contribution in [2.24, 2.45) is 0 Å². The lowest BCUT2D eigenvalue weighted by molar-refractivity contribution is -0.137. The molecular weight excluding hydrogens is 560 g/mol. The summed E-state index contributed by atoms with van der Waals surface area (Å²) in [7, 11) is -3.83. The Bertz CT molecular complexity index is 1770. The second-order valence-electron chi connectivity index (χ2n) is 8.15. The normalized spacial score (nSPS) is 11.8. The van der Waals surface area contributed by atoms with Crippen LogP contribution >= 0.6 is 11.3 Å². The molecule has 0 spiro atoms. The second kappa shape index (κ2) is 10.6. The molecular formula is C25H18F4N4O4S2. The van der Waals surface area contributed by atoms with Gasteiger partial charge in [0, 0.05) is 17.9 Å². The highest BCUT2D eigenvalue weighted by molar-refractivity contribution is 7.90. The molecule has 8 nitrogen and oxygen atoms in total. The van der Waals surface area contributed by atoms with E-state index in [1.165, 1.54) is 42.5 Å². The average Bonchev–Trinajstić information content (AvgIpc) is 3.35. The Labute approximate surface area is 223 Å². The Balaban J connectivity index is 1.94. The molecule has 0 saturated heterocycles. The van der Waals surface area contributed by atoms with Crippen LogP contribution in [0.25, 0.3) is 21.1 Å². The van der Waals surface area contributed by atoms with Crippen LogP contribution in [0.4, 0.5) is 17.6 Å². The van der Waals surface area contributed by atoms with Gasteiger partial charge >= 0.3 is 6.18 Å². The zero-order chi connectivity index (χ0) is 28.5. The number of nitrogens with zero attached hydrogens (tertiary/aromatic N) is 4. The zero-order valence-corrected chi connectivity index (χ0v) is 21.9. The number of aromatic nitrogens is 3. The van der Waals surface area contributed by atoms with Crippen molar-refractivity contribution in [2.75, 3.05) is 12.9 Å². The predicted molar refractivity (Wildman–Crippen MR) is 135 cm³/mol. The maximum absolute atomic E-state index is 14.4. The summed E-state index contributed by atoms with van der Waals surface area (Å²) in [6, 6.07) is 11.7. The number of pyridine rings is 1. The minimum Gasteiger partial charge on any atom is -0.478 e. The molecule has 0 aliphatic rings. The fourth-order valence-electron chi connectivity index (χ4n) is 3.67. The number of alkyl halides is 3. The molecule has 3 aromatic heterocycles. The second-order valence-corrected chi connectivity index (χ2v) is 11.1. The minimum atomic E-state index is -5.01. The van der Waals surface area contributed by atoms with Crippen molar-refractivity contribution in [3.05, 3.63) is 81.4 Å². The molecule has 0 aliphatic carbocycles. The van der Waals surface area contributed by atoms with Gasteiger partial charge in [-0.2, -0.15) is 23.4 Å². The first-order chi connectivity index (χ1) is 18.3. The van der Waals surface area contributed by atoms with Crippen molar-refractivity contribution in [2.45, 2.75) is 24.8 Å². The summed E-state index contributed by atoms with van der Waals surface area (Å²) in [6.07, 6.45) is -4.10. The van der Waals surface area contributed by atoms with Crippen molar-refractivity contribution in [1.82, 2.24) is 14.5 Å². The van der Waals surface area contributed by atoms with Gasteiger partial charge in [0.2, 0.25) is 15.7 Å². The Morgan fingerprint density at radius 3 is 2.41 bits per heavy atom. The molecule has 1 aromatic carbocycles. The minimum absolute atomic E-state index is 0.0212. The Hall–Kier alpha value is -4.09. The van der Waals surface area contributed by atoms with E-state index in [0.717, 1.165) is 28.2 Å². The third-order valence-corrected chi connectivity index (χ3v) is 7.40. The fourth-order valence-corrected chi connectivity index (χ4v) is 5.18. The van der Waals surface area contributed by atoms with Crippen LogP contribution in [-0.2, 0) is 22.6 Å². The molecule has 0 atom stereocenters. The van der Waals surface area contributed by atoms with Crippen LogP contribution < -0.4 is 10.3 Å². The first-order valence-corrected chi connectivity index (χ1v) is 13.8. The number of nitriles is 1. The molecule has 0 unspecified atom stereocenters. The highest BCUT2D eigenvalue weighted by Gasteiger charge is 2.37. The molecule has 0 fully saturated rings. The summed E-state index contributed by atoms with van der Waals surface area (Å²) >= 11 is 0.911. The first kappa shape index (κ1) is 27.9. The van der Waals surface area contributed by atoms with Crippen LogP contribution in [0.3, 0.4) is 0 Å². The van der Waals surface area contributed by atoms with E-state index in [2.05, 4.69) is 9.97 Å². The van der Waals surface area contributed by atoms with E-state index >= 15 is 0 Å². The van der Waals surface area contributed by atoms with Gasteiger partial charge in [-0.05, 0) is 31.2 Å². The first-order valence-electron chi connectivity index (χ1n) is 11.1. The summed E-state index contributed by atoms with van der Waals surface area (Å²) < 4.78 is 86.3. The van der Waals surface area contributed by atoms with Crippen molar-refractivity contribution in [3.8, 4) is 33.1 Å². The molecule has 0 N–H and O–H groups in total. The van der Waals surface area contributed by atoms with Crippen LogP contribution in [0.1, 0.15) is 23.6 Å². The number of sulfone groups is 1. The van der Waals surface area contributed by atoms with Gasteiger partial charge in [-0.15, -0.1) is 11.3 Å². The Morgan fingerprint density at radius 2 is 1.79 bits per heavy atom. The van der Waals surface area contributed by atoms with Gasteiger partial charge in [0.25, 0.3) is 10.7 Å². The van der Waals surface area contributed by atoms with Crippen LogP contribution in [0.15, 0.2) is 58.5 Å². The fraction of sp³-hybridized carbons (Fsp3) is 0.200. The summed E-state index contributed by atoms with van der Waals surface area (Å²) in [4.78, 5) is 21.6. The highest BCUT2D eigenvalue weighted by atomic mass is 32.2. The van der Waals surface area contributed by atoms with Gasteiger partial charge in [0.1, 0.15) is 17.4 Å². The topological polar surface area (TPSA) is 115 Å². The molecule has 0 bridgehead atoms. The van der Waals surface area contributed by atoms with Crippen LogP contribution in [-0.4, -0.2) is 35.8 Å². The summed E-state index contributed by atoms with van der Waals surface area (Å²) in [5, 5.41) is 8.87. The highest BCUT2D eigenvalue weighted by Crippen LogP contribution is 2.38. The lowest BCUT2D eigenvalue weighted by Crippen LogP contribution is -2.28. The molecule has 4 rings (SSSR count). The maximum Gasteiger partial charge on any atom is 0.417 e. The summed E-state index contributed by atoms with van der Waals surface area (Å²) in [6.45, 7) is 1.41. The van der Waals surface area contributed by atoms with Crippen LogP contribution in [0.2, 0.25) is 0 Å². The quantitative estimate of drug-likeness (QED) is 0.226. The zero-order valence-electron chi connectivity index (χ0n) is 20.3. The third kappa shape index (κ3) is 5.84. The van der Waals surface area contributed by atoms with Gasteiger partial charge in [-0.3, -0.25) is 4.79 Å². The van der Waals surface area contributed by atoms with Crippen LogP contribution in [0, 0.1) is 17.1 Å². The number of hydrogen-bond acceptors (Lipinski definition) is 8. The molecule has 0 aliphatic heterocycles. The van der Waals surface area contributed by atoms with Gasteiger partial charge in [0.05, 0.1) is 39.9 Å². The van der Waals surface area contributed by atoms with E-state index < -0.39 is 50.2 Å². The van der Waals surface area contributed by atoms with Crippen LogP contribution in [0.5, 0.6) is 5.88 Å². The number of ether oxygens (including phenoxy) is 1. The molecule has 39 heavy (non-hydrogen) atoms. The van der Waals surface area contributed by atoms with Crippen molar-refractivity contribution in [3.63, 3.8) is 0 Å². The van der Waals surface area contributed by atoms with Crippen molar-refractivity contribution in [1.29, 1.82) is 5.26 Å². The Morgan fingerprint density at radius 1 is 1.10 bits per heavy atom. The molecule has 14 heteroatoms. The van der Waals surface area contributed by atoms with E-state index in [1.54, 1.807) is 6.92 Å². The maximum atomic E-state index is 14.4. The van der Waals surface area contributed by atoms with Gasteiger partial charge in [0.15, 0.2) is 0 Å².